The average Bonchev–Trinajstić information content (AvgIpc) is 2.46. The van der Waals surface area contributed by atoms with Gasteiger partial charge in [-0.15, -0.1) is 0 Å². The van der Waals surface area contributed by atoms with E-state index < -0.39 is 5.97 Å². The molecule has 0 spiro atoms. The van der Waals surface area contributed by atoms with Gasteiger partial charge in [-0.3, -0.25) is 0 Å². The summed E-state index contributed by atoms with van der Waals surface area (Å²) in [6.07, 6.45) is 1.60. The van der Waals surface area contributed by atoms with Crippen molar-refractivity contribution in [2.24, 2.45) is 10.2 Å². The maximum absolute atomic E-state index is 10.8. The van der Waals surface area contributed by atoms with Crippen molar-refractivity contribution in [1.82, 2.24) is 0 Å². The van der Waals surface area contributed by atoms with Crippen LogP contribution in [-0.4, -0.2) is 11.1 Å². The molecular formula is C16H14N2O2. The van der Waals surface area contributed by atoms with E-state index in [4.69, 9.17) is 5.11 Å². The quantitative estimate of drug-likeness (QED) is 0.649. The second-order valence-corrected chi connectivity index (χ2v) is 4.26. The third kappa shape index (κ3) is 3.88. The summed E-state index contributed by atoms with van der Waals surface area (Å²) < 4.78 is 0. The van der Waals surface area contributed by atoms with Crippen LogP contribution in [0, 0.1) is 0 Å². The minimum absolute atomic E-state index is 0.280. The predicted molar refractivity (Wildman–Crippen MR) is 78.3 cm³/mol. The number of carboxylic acid groups (broad SMARTS) is 1. The summed E-state index contributed by atoms with van der Waals surface area (Å²) in [5, 5.41) is 17.1. The summed E-state index contributed by atoms with van der Waals surface area (Å²) in [6.45, 7) is 1.56. The van der Waals surface area contributed by atoms with Gasteiger partial charge < -0.3 is 5.11 Å². The zero-order valence-corrected chi connectivity index (χ0v) is 11.0. The Morgan fingerprint density at radius 1 is 1.00 bits per heavy atom. The molecule has 20 heavy (non-hydrogen) atoms. The fraction of sp³-hybridized carbons (Fsp3) is 0.0625. The van der Waals surface area contributed by atoms with Gasteiger partial charge in [0.15, 0.2) is 0 Å². The zero-order valence-electron chi connectivity index (χ0n) is 11.0. The van der Waals surface area contributed by atoms with E-state index in [0.717, 1.165) is 11.3 Å². The van der Waals surface area contributed by atoms with Crippen LogP contribution >= 0.6 is 0 Å². The van der Waals surface area contributed by atoms with Gasteiger partial charge in [-0.2, -0.15) is 10.2 Å². The lowest BCUT2D eigenvalue weighted by Gasteiger charge is -1.98. The van der Waals surface area contributed by atoms with Crippen molar-refractivity contribution in [3.8, 4) is 0 Å². The number of carbonyl (C=O) groups is 1. The van der Waals surface area contributed by atoms with Crippen molar-refractivity contribution >= 4 is 23.4 Å². The monoisotopic (exact) mass is 266 g/mol. The molecule has 0 radical (unpaired) electrons. The van der Waals surface area contributed by atoms with E-state index in [9.17, 15) is 4.79 Å². The maximum Gasteiger partial charge on any atom is 0.331 e. The van der Waals surface area contributed by atoms with Crippen LogP contribution in [0.1, 0.15) is 12.5 Å². The van der Waals surface area contributed by atoms with Gasteiger partial charge in [0.05, 0.1) is 11.4 Å². The van der Waals surface area contributed by atoms with Crippen LogP contribution in [0.15, 0.2) is 70.4 Å². The molecule has 0 heterocycles. The normalized spacial score (nSPS) is 11.8. The van der Waals surface area contributed by atoms with Crippen LogP contribution in [-0.2, 0) is 4.79 Å². The third-order valence-electron chi connectivity index (χ3n) is 2.63. The highest BCUT2D eigenvalue weighted by Crippen LogP contribution is 2.20. The van der Waals surface area contributed by atoms with E-state index in [1.165, 1.54) is 0 Å². The Morgan fingerprint density at radius 2 is 1.65 bits per heavy atom. The van der Waals surface area contributed by atoms with Gasteiger partial charge in [-0.1, -0.05) is 30.3 Å². The molecular weight excluding hydrogens is 252 g/mol. The lowest BCUT2D eigenvalue weighted by atomic mass is 10.1. The molecule has 2 aromatic rings. The number of carboxylic acids is 1. The Balaban J connectivity index is 2.20. The summed E-state index contributed by atoms with van der Waals surface area (Å²) in [4.78, 5) is 10.8. The van der Waals surface area contributed by atoms with Crippen molar-refractivity contribution in [3.05, 3.63) is 65.7 Å². The van der Waals surface area contributed by atoms with E-state index in [1.807, 2.05) is 48.5 Å². The van der Waals surface area contributed by atoms with Crippen molar-refractivity contribution < 1.29 is 9.90 Å². The molecule has 0 fully saturated rings. The molecule has 0 atom stereocenters. The molecule has 0 aromatic heterocycles. The molecule has 4 nitrogen and oxygen atoms in total. The Hall–Kier alpha value is -2.75. The molecule has 0 aliphatic carbocycles. The molecule has 0 saturated heterocycles. The fourth-order valence-electron chi connectivity index (χ4n) is 1.60. The first-order chi connectivity index (χ1) is 9.65. The molecule has 100 valence electrons. The largest absolute Gasteiger partial charge is 0.478 e. The number of rotatable bonds is 4. The van der Waals surface area contributed by atoms with Crippen LogP contribution in [0.25, 0.3) is 6.08 Å². The first-order valence-corrected chi connectivity index (χ1v) is 6.13. The summed E-state index contributed by atoms with van der Waals surface area (Å²) in [6, 6.07) is 16.7. The van der Waals surface area contributed by atoms with Crippen molar-refractivity contribution in [2.75, 3.05) is 0 Å². The van der Waals surface area contributed by atoms with Gasteiger partial charge in [-0.25, -0.2) is 4.79 Å². The number of hydrogen-bond donors (Lipinski definition) is 1. The Bertz CT molecular complexity index is 661. The molecule has 4 heteroatoms. The zero-order chi connectivity index (χ0) is 14.4. The number of hydrogen-bond acceptors (Lipinski definition) is 3. The molecule has 2 rings (SSSR count). The number of azo groups is 1. The summed E-state index contributed by atoms with van der Waals surface area (Å²) in [7, 11) is 0. The van der Waals surface area contributed by atoms with E-state index in [1.54, 1.807) is 19.1 Å². The smallest absolute Gasteiger partial charge is 0.331 e. The van der Waals surface area contributed by atoms with Gasteiger partial charge in [0.1, 0.15) is 0 Å². The topological polar surface area (TPSA) is 62.0 Å². The molecule has 0 bridgehead atoms. The fourth-order valence-corrected chi connectivity index (χ4v) is 1.60. The van der Waals surface area contributed by atoms with Crippen molar-refractivity contribution in [2.45, 2.75) is 6.92 Å². The minimum Gasteiger partial charge on any atom is -0.478 e. The highest BCUT2D eigenvalue weighted by Gasteiger charge is 2.00. The average molecular weight is 266 g/mol. The molecule has 0 aliphatic rings. The van der Waals surface area contributed by atoms with Crippen LogP contribution in [0.2, 0.25) is 0 Å². The van der Waals surface area contributed by atoms with Gasteiger partial charge in [0.2, 0.25) is 0 Å². The third-order valence-corrected chi connectivity index (χ3v) is 2.63. The molecule has 0 saturated carbocycles. The van der Waals surface area contributed by atoms with Crippen LogP contribution in [0.3, 0.4) is 0 Å². The summed E-state index contributed by atoms with van der Waals surface area (Å²) >= 11 is 0. The Labute approximate surface area is 117 Å². The second-order valence-electron chi connectivity index (χ2n) is 4.26. The van der Waals surface area contributed by atoms with Gasteiger partial charge in [-0.05, 0) is 42.8 Å². The molecule has 1 N–H and O–H groups in total. The number of aliphatic carboxylic acids is 1. The summed E-state index contributed by atoms with van der Waals surface area (Å²) in [5.74, 6) is -0.929. The van der Waals surface area contributed by atoms with Crippen LogP contribution < -0.4 is 0 Å². The van der Waals surface area contributed by atoms with Crippen molar-refractivity contribution in [3.63, 3.8) is 0 Å². The Morgan fingerprint density at radius 3 is 2.35 bits per heavy atom. The van der Waals surface area contributed by atoms with E-state index in [-0.39, 0.29) is 5.57 Å². The molecule has 0 unspecified atom stereocenters. The highest BCUT2D eigenvalue weighted by atomic mass is 16.4. The molecule has 0 amide bonds. The number of benzene rings is 2. The lowest BCUT2D eigenvalue weighted by Crippen LogP contribution is -1.95. The molecule has 2 aromatic carbocycles. The first-order valence-electron chi connectivity index (χ1n) is 6.13. The predicted octanol–water partition coefficient (Wildman–Crippen LogP) is 4.59. The van der Waals surface area contributed by atoms with E-state index in [2.05, 4.69) is 10.2 Å². The van der Waals surface area contributed by atoms with Crippen LogP contribution in [0.5, 0.6) is 0 Å². The SMILES string of the molecule is CC(=Cc1cccc(/N=N/c2ccccc2)c1)C(=O)O. The number of nitrogens with zero attached hydrogens (tertiary/aromatic N) is 2. The minimum atomic E-state index is -0.929. The lowest BCUT2D eigenvalue weighted by molar-refractivity contribution is -0.132. The van der Waals surface area contributed by atoms with Gasteiger partial charge in [0.25, 0.3) is 0 Å². The van der Waals surface area contributed by atoms with E-state index >= 15 is 0 Å². The first kappa shape index (κ1) is 13.7. The van der Waals surface area contributed by atoms with Crippen molar-refractivity contribution in [1.29, 1.82) is 0 Å². The highest BCUT2D eigenvalue weighted by molar-refractivity contribution is 5.91. The standard InChI is InChI=1S/C16H14N2O2/c1-12(16(19)20)10-13-6-5-9-15(11-13)18-17-14-7-3-2-4-8-14/h2-11H,1H3,(H,19,20)/b12-10?,18-17+. The molecule has 0 aliphatic heterocycles. The van der Waals surface area contributed by atoms with E-state index in [0.29, 0.717) is 5.69 Å². The maximum atomic E-state index is 10.8. The second kappa shape index (κ2) is 6.43. The van der Waals surface area contributed by atoms with Crippen LogP contribution in [0.4, 0.5) is 11.4 Å². The Kier molecular flexibility index (Phi) is 4.39. The van der Waals surface area contributed by atoms with Gasteiger partial charge in [0, 0.05) is 5.57 Å². The van der Waals surface area contributed by atoms with Gasteiger partial charge >= 0.3 is 5.97 Å². The summed E-state index contributed by atoms with van der Waals surface area (Å²) in [5.41, 5.74) is 2.52.